The standard InChI is InChI=1S/C11H13BrO4/c1-6(13)9-4-3-8(12)5-10(9)16-7(2)11(14)15/h3-7,13H,1-2H3,(H,14,15). The lowest BCUT2D eigenvalue weighted by atomic mass is 10.1. The van der Waals surface area contributed by atoms with Gasteiger partial charge in [-0.3, -0.25) is 0 Å². The Bertz CT molecular complexity index is 390. The van der Waals surface area contributed by atoms with E-state index in [4.69, 9.17) is 9.84 Å². The van der Waals surface area contributed by atoms with Gasteiger partial charge < -0.3 is 14.9 Å². The average Bonchev–Trinajstić information content (AvgIpc) is 2.16. The molecule has 0 aliphatic rings. The summed E-state index contributed by atoms with van der Waals surface area (Å²) in [6.07, 6.45) is -1.66. The summed E-state index contributed by atoms with van der Waals surface area (Å²) in [4.78, 5) is 10.7. The van der Waals surface area contributed by atoms with Crippen LogP contribution < -0.4 is 4.74 Å². The fraction of sp³-hybridized carbons (Fsp3) is 0.364. The van der Waals surface area contributed by atoms with Gasteiger partial charge in [-0.2, -0.15) is 0 Å². The highest BCUT2D eigenvalue weighted by molar-refractivity contribution is 9.10. The number of carboxylic acid groups (broad SMARTS) is 1. The fourth-order valence-corrected chi connectivity index (χ4v) is 1.54. The minimum absolute atomic E-state index is 0.374. The van der Waals surface area contributed by atoms with Crippen molar-refractivity contribution in [1.82, 2.24) is 0 Å². The molecule has 16 heavy (non-hydrogen) atoms. The number of benzene rings is 1. The summed E-state index contributed by atoms with van der Waals surface area (Å²) in [7, 11) is 0. The average molecular weight is 289 g/mol. The molecule has 5 heteroatoms. The number of aliphatic hydroxyl groups is 1. The van der Waals surface area contributed by atoms with Crippen molar-refractivity contribution < 1.29 is 19.7 Å². The Kier molecular flexibility index (Phi) is 4.32. The molecule has 0 aliphatic heterocycles. The fourth-order valence-electron chi connectivity index (χ4n) is 1.20. The van der Waals surface area contributed by atoms with E-state index in [1.807, 2.05) is 0 Å². The Labute approximate surface area is 102 Å². The molecule has 0 saturated heterocycles. The number of aliphatic carboxylic acids is 1. The van der Waals surface area contributed by atoms with Crippen LogP contribution in [0.15, 0.2) is 22.7 Å². The van der Waals surface area contributed by atoms with Gasteiger partial charge >= 0.3 is 5.97 Å². The zero-order chi connectivity index (χ0) is 12.3. The van der Waals surface area contributed by atoms with Crippen molar-refractivity contribution in [2.75, 3.05) is 0 Å². The molecule has 2 N–H and O–H groups in total. The van der Waals surface area contributed by atoms with Crippen molar-refractivity contribution in [1.29, 1.82) is 0 Å². The predicted octanol–water partition coefficient (Wildman–Crippen LogP) is 2.35. The van der Waals surface area contributed by atoms with Crippen LogP contribution in [0.4, 0.5) is 0 Å². The topological polar surface area (TPSA) is 66.8 Å². The van der Waals surface area contributed by atoms with Crippen LogP contribution in [0.25, 0.3) is 0 Å². The second kappa shape index (κ2) is 5.32. The minimum Gasteiger partial charge on any atom is -0.479 e. The SMILES string of the molecule is CC(Oc1cc(Br)ccc1C(C)O)C(=O)O. The number of hydrogen-bond donors (Lipinski definition) is 2. The molecule has 1 aromatic carbocycles. The van der Waals surface area contributed by atoms with Gasteiger partial charge in [-0.05, 0) is 26.0 Å². The van der Waals surface area contributed by atoms with E-state index in [-0.39, 0.29) is 0 Å². The first-order valence-electron chi connectivity index (χ1n) is 4.78. The summed E-state index contributed by atoms with van der Waals surface area (Å²) in [6.45, 7) is 3.04. The van der Waals surface area contributed by atoms with E-state index in [1.165, 1.54) is 6.92 Å². The number of ether oxygens (including phenoxy) is 1. The van der Waals surface area contributed by atoms with E-state index in [0.29, 0.717) is 11.3 Å². The first kappa shape index (κ1) is 13.0. The van der Waals surface area contributed by atoms with E-state index in [0.717, 1.165) is 4.47 Å². The molecule has 0 saturated carbocycles. The van der Waals surface area contributed by atoms with E-state index in [2.05, 4.69) is 15.9 Å². The predicted molar refractivity (Wildman–Crippen MR) is 62.5 cm³/mol. The van der Waals surface area contributed by atoms with Crippen LogP contribution in [0.3, 0.4) is 0 Å². The molecule has 4 nitrogen and oxygen atoms in total. The van der Waals surface area contributed by atoms with E-state index >= 15 is 0 Å². The van der Waals surface area contributed by atoms with E-state index < -0.39 is 18.2 Å². The number of halogens is 1. The minimum atomic E-state index is -1.04. The zero-order valence-corrected chi connectivity index (χ0v) is 10.6. The van der Waals surface area contributed by atoms with Gasteiger partial charge in [-0.1, -0.05) is 22.0 Å². The third kappa shape index (κ3) is 3.21. The highest BCUT2D eigenvalue weighted by Gasteiger charge is 2.16. The molecule has 1 rings (SSSR count). The van der Waals surface area contributed by atoms with Crippen LogP contribution in [0, 0.1) is 0 Å². The molecule has 0 heterocycles. The Balaban J connectivity index is 3.01. The Hall–Kier alpha value is -1.07. The normalized spacial score (nSPS) is 14.2. The molecule has 1 aromatic rings. The van der Waals surface area contributed by atoms with E-state index in [9.17, 15) is 9.90 Å². The van der Waals surface area contributed by atoms with Crippen molar-refractivity contribution in [2.24, 2.45) is 0 Å². The Morgan fingerprint density at radius 3 is 2.56 bits per heavy atom. The number of hydrogen-bond acceptors (Lipinski definition) is 3. The monoisotopic (exact) mass is 288 g/mol. The summed E-state index contributed by atoms with van der Waals surface area (Å²) < 4.78 is 6.03. The maximum atomic E-state index is 10.7. The number of carbonyl (C=O) groups is 1. The number of carboxylic acids is 1. The molecule has 0 aliphatic carbocycles. The van der Waals surface area contributed by atoms with Crippen LogP contribution in [-0.2, 0) is 4.79 Å². The summed E-state index contributed by atoms with van der Waals surface area (Å²) in [5.41, 5.74) is 0.566. The first-order valence-corrected chi connectivity index (χ1v) is 5.58. The molecule has 0 bridgehead atoms. The first-order chi connectivity index (χ1) is 7.41. The third-order valence-corrected chi connectivity index (χ3v) is 2.57. The Morgan fingerprint density at radius 1 is 1.44 bits per heavy atom. The molecule has 0 amide bonds. The maximum Gasteiger partial charge on any atom is 0.344 e. The lowest BCUT2D eigenvalue weighted by Crippen LogP contribution is -2.23. The van der Waals surface area contributed by atoms with Crippen molar-refractivity contribution >= 4 is 21.9 Å². The molecular formula is C11H13BrO4. The van der Waals surface area contributed by atoms with Gasteiger partial charge in [0.05, 0.1) is 6.10 Å². The van der Waals surface area contributed by atoms with Crippen LogP contribution in [0.2, 0.25) is 0 Å². The highest BCUT2D eigenvalue weighted by atomic mass is 79.9. The number of aliphatic hydroxyl groups excluding tert-OH is 1. The van der Waals surface area contributed by atoms with Crippen molar-refractivity contribution in [3.8, 4) is 5.75 Å². The van der Waals surface area contributed by atoms with Gasteiger partial charge in [0.1, 0.15) is 5.75 Å². The lowest BCUT2D eigenvalue weighted by molar-refractivity contribution is -0.144. The molecule has 0 fully saturated rings. The van der Waals surface area contributed by atoms with Gasteiger partial charge in [0, 0.05) is 10.0 Å². The highest BCUT2D eigenvalue weighted by Crippen LogP contribution is 2.29. The molecule has 0 aromatic heterocycles. The summed E-state index contributed by atoms with van der Waals surface area (Å²) in [5.74, 6) is -0.671. The van der Waals surface area contributed by atoms with Crippen LogP contribution >= 0.6 is 15.9 Å². The smallest absolute Gasteiger partial charge is 0.344 e. The third-order valence-electron chi connectivity index (χ3n) is 2.08. The summed E-state index contributed by atoms with van der Waals surface area (Å²) in [5, 5.41) is 18.2. The van der Waals surface area contributed by atoms with Crippen LogP contribution in [-0.4, -0.2) is 22.3 Å². The van der Waals surface area contributed by atoms with Gasteiger partial charge in [0.15, 0.2) is 6.10 Å². The molecule has 2 unspecified atom stereocenters. The second-order valence-electron chi connectivity index (χ2n) is 3.46. The van der Waals surface area contributed by atoms with Gasteiger partial charge in [-0.15, -0.1) is 0 Å². The molecule has 2 atom stereocenters. The van der Waals surface area contributed by atoms with Crippen LogP contribution in [0.5, 0.6) is 5.75 Å². The van der Waals surface area contributed by atoms with Gasteiger partial charge in [0.25, 0.3) is 0 Å². The second-order valence-corrected chi connectivity index (χ2v) is 4.37. The lowest BCUT2D eigenvalue weighted by Gasteiger charge is -2.16. The maximum absolute atomic E-state index is 10.7. The largest absolute Gasteiger partial charge is 0.479 e. The summed E-state index contributed by atoms with van der Waals surface area (Å²) in [6, 6.07) is 5.10. The van der Waals surface area contributed by atoms with Crippen molar-refractivity contribution in [3.63, 3.8) is 0 Å². The molecule has 88 valence electrons. The molecular weight excluding hydrogens is 276 g/mol. The number of rotatable bonds is 4. The van der Waals surface area contributed by atoms with Gasteiger partial charge in [-0.25, -0.2) is 4.79 Å². The van der Waals surface area contributed by atoms with Gasteiger partial charge in [0.2, 0.25) is 0 Å². The molecule has 0 radical (unpaired) electrons. The molecule has 0 spiro atoms. The van der Waals surface area contributed by atoms with E-state index in [1.54, 1.807) is 25.1 Å². The Morgan fingerprint density at radius 2 is 2.06 bits per heavy atom. The van der Waals surface area contributed by atoms with Crippen molar-refractivity contribution in [3.05, 3.63) is 28.2 Å². The zero-order valence-electron chi connectivity index (χ0n) is 8.98. The van der Waals surface area contributed by atoms with Crippen LogP contribution in [0.1, 0.15) is 25.5 Å². The summed E-state index contributed by atoms with van der Waals surface area (Å²) >= 11 is 3.26. The van der Waals surface area contributed by atoms with Crippen molar-refractivity contribution in [2.45, 2.75) is 26.1 Å². The quantitative estimate of drug-likeness (QED) is 0.893.